The summed E-state index contributed by atoms with van der Waals surface area (Å²) in [5, 5.41) is 11.5. The van der Waals surface area contributed by atoms with Crippen molar-refractivity contribution in [3.05, 3.63) is 180 Å². The molecule has 0 radical (unpaired) electrons. The minimum Gasteiger partial charge on any atom is -0.870 e. The molecule has 0 bridgehead atoms. The van der Waals surface area contributed by atoms with Crippen LogP contribution in [0.4, 0.5) is 28.9 Å². The fourth-order valence-corrected chi connectivity index (χ4v) is 11.9. The van der Waals surface area contributed by atoms with Crippen molar-refractivity contribution < 1.29 is 96.5 Å². The van der Waals surface area contributed by atoms with Gasteiger partial charge in [0.25, 0.3) is 0 Å². The van der Waals surface area contributed by atoms with Gasteiger partial charge >= 0.3 is 30.8 Å². The Morgan fingerprint density at radius 2 is 0.966 bits per heavy atom. The van der Waals surface area contributed by atoms with Crippen molar-refractivity contribution in [2.45, 2.75) is 13.5 Å². The quantitative estimate of drug-likeness (QED) is 0.0760. The van der Waals surface area contributed by atoms with Crippen LogP contribution in [-0.2, 0) is 38.2 Å². The first-order chi connectivity index (χ1) is 41.6. The molecule has 2 aliphatic heterocycles. The molecule has 446 valence electrons. The number of carbonyl (C=O) groups is 2. The number of benzene rings is 6. The topological polar surface area (TPSA) is 249 Å². The number of esters is 1. The van der Waals surface area contributed by atoms with Crippen LogP contribution in [0, 0.1) is 23.3 Å². The molecule has 0 saturated carbocycles. The summed E-state index contributed by atoms with van der Waals surface area (Å²) >= 11 is 0. The van der Waals surface area contributed by atoms with Gasteiger partial charge in [-0.05, 0) is 121 Å². The van der Waals surface area contributed by atoms with Crippen molar-refractivity contribution in [1.82, 2.24) is 19.1 Å². The van der Waals surface area contributed by atoms with E-state index in [0.717, 1.165) is 21.1 Å². The summed E-state index contributed by atoms with van der Waals surface area (Å²) in [4.78, 5) is 35.3. The molecule has 14 rings (SSSR count). The summed E-state index contributed by atoms with van der Waals surface area (Å²) in [6.07, 6.45) is 2.10. The summed E-state index contributed by atoms with van der Waals surface area (Å²) < 4.78 is 142. The molecule has 12 aromatic rings. The first-order valence-corrected chi connectivity index (χ1v) is 30.0. The average molecular weight is 1240 g/mol. The molecule has 6 aromatic carbocycles. The van der Waals surface area contributed by atoms with Crippen LogP contribution >= 0.6 is 0 Å². The van der Waals surface area contributed by atoms with E-state index in [1.54, 1.807) is 71.3 Å². The maximum atomic E-state index is 14.7. The summed E-state index contributed by atoms with van der Waals surface area (Å²) in [7, 11) is -3.56. The van der Waals surface area contributed by atoms with Crippen molar-refractivity contribution in [3.63, 3.8) is 0 Å². The molecule has 8 heterocycles. The van der Waals surface area contributed by atoms with Crippen molar-refractivity contribution in [2.75, 3.05) is 42.3 Å². The molecular weight excluding hydrogens is 1200 g/mol. The third-order valence-electron chi connectivity index (χ3n) is 15.3. The molecule has 26 heteroatoms. The summed E-state index contributed by atoms with van der Waals surface area (Å²) in [5.41, 5.74) is 6.09. The van der Waals surface area contributed by atoms with E-state index in [0.29, 0.717) is 95.1 Å². The average Bonchev–Trinajstić information content (AvgIpc) is 1.78. The SMILES string of the molecule is CN(c1cc2oc(-c3ccc(F)cc3)c(C(=O)O)c2cc1-c1ccc2c(n1)-c1cc3c(F)cccc3n1CO2)S(C)(=O)=O.COC(=O)c1c(-c2ccc(F)cc2)oc2cc(N(C)S(C)(=O)=O)c(-c3ccc4c(n3)-c3cc5c(F)cccc5n3CO4)cc12.[Li+].[OH-]. The maximum Gasteiger partial charge on any atom is 1.00 e. The zero-order valence-electron chi connectivity index (χ0n) is 47.7. The standard InChI is InChI=1S/C32H23F2N3O6S.C31H21F2N3O6S.Li.H2O/c1-36(44(3,39)40)25-15-28-21(29(32(38)41-2)31(43-28)17-7-9-18(33)10-8-17)13-20(25)23-11-12-27-30(35-23)26-14-19-22(34)5-4-6-24(19)37(26)16-42-27;1-35(43(2,39)40)24-14-27-20(28(31(37)38)30(42-27)16-6-8-17(32)9-7-16)12-19(24)22-10-11-26-29(34-22)25-13-18-21(33)4-3-5-23(18)36(25)15-41-26;;/h4-15H,16H2,1-3H3;3-14H,15H2,1-2H3,(H,37,38);;1H2/q;;+1;/p-1. The van der Waals surface area contributed by atoms with Gasteiger partial charge in [0, 0.05) is 70.0 Å². The van der Waals surface area contributed by atoms with Crippen LogP contribution < -0.4 is 36.9 Å². The first kappa shape index (κ1) is 60.8. The van der Waals surface area contributed by atoms with Gasteiger partial charge in [-0.3, -0.25) is 8.61 Å². The molecule has 0 unspecified atom stereocenters. The van der Waals surface area contributed by atoms with Crippen LogP contribution in [0.3, 0.4) is 0 Å². The van der Waals surface area contributed by atoms with Gasteiger partial charge in [0.15, 0.2) is 13.5 Å². The number of hydrogen-bond acceptors (Lipinski definition) is 14. The van der Waals surface area contributed by atoms with Gasteiger partial charge in [0.1, 0.15) is 80.0 Å². The zero-order chi connectivity index (χ0) is 61.1. The predicted molar refractivity (Wildman–Crippen MR) is 319 cm³/mol. The number of carboxylic acids is 1. The number of hydrogen-bond donors (Lipinski definition) is 1. The minimum atomic E-state index is -3.78. The Bertz CT molecular complexity index is 5150. The summed E-state index contributed by atoms with van der Waals surface area (Å²) in [6, 6.07) is 36.3. The number of fused-ring (bicyclic) bond motifs is 12. The fourth-order valence-electron chi connectivity index (χ4n) is 10.9. The van der Waals surface area contributed by atoms with E-state index < -0.39 is 49.4 Å². The van der Waals surface area contributed by atoms with Crippen molar-refractivity contribution in [3.8, 4) is 79.4 Å². The van der Waals surface area contributed by atoms with Gasteiger partial charge in [-0.2, -0.15) is 0 Å². The summed E-state index contributed by atoms with van der Waals surface area (Å²) in [6.45, 7) is 0.307. The number of sulfonamides is 2. The van der Waals surface area contributed by atoms with E-state index in [4.69, 9.17) is 33.0 Å². The second kappa shape index (κ2) is 22.7. The number of furan rings is 2. The van der Waals surface area contributed by atoms with Gasteiger partial charge in [0.05, 0.1) is 64.8 Å². The Balaban J connectivity index is 0.000000180. The summed E-state index contributed by atoms with van der Waals surface area (Å²) in [5.74, 6) is -2.67. The van der Waals surface area contributed by atoms with E-state index in [1.807, 2.05) is 4.57 Å². The normalized spacial score (nSPS) is 12.3. The van der Waals surface area contributed by atoms with E-state index >= 15 is 0 Å². The molecule has 19 nitrogen and oxygen atoms in total. The van der Waals surface area contributed by atoms with Gasteiger partial charge < -0.3 is 42.8 Å². The number of ether oxygens (including phenoxy) is 3. The van der Waals surface area contributed by atoms with Crippen LogP contribution in [-0.4, -0.2) is 92.2 Å². The minimum absolute atomic E-state index is 0. The molecule has 0 saturated heterocycles. The number of methoxy groups -OCH3 is 1. The molecule has 0 spiro atoms. The molecule has 89 heavy (non-hydrogen) atoms. The number of halogens is 4. The third-order valence-corrected chi connectivity index (χ3v) is 17.7. The van der Waals surface area contributed by atoms with Crippen LogP contribution in [0.15, 0.2) is 154 Å². The second-order valence-corrected chi connectivity index (χ2v) is 24.5. The number of nitrogens with zero attached hydrogens (tertiary/aromatic N) is 6. The number of anilines is 2. The van der Waals surface area contributed by atoms with Gasteiger partial charge in [-0.1, -0.05) is 12.1 Å². The van der Waals surface area contributed by atoms with Crippen molar-refractivity contribution >= 4 is 87.1 Å². The number of pyridine rings is 2. The molecule has 2 aliphatic rings. The first-order valence-electron chi connectivity index (χ1n) is 26.3. The number of carbonyl (C=O) groups excluding carboxylic acids is 1. The largest absolute Gasteiger partial charge is 1.00 e. The van der Waals surface area contributed by atoms with Crippen LogP contribution in [0.5, 0.6) is 11.5 Å². The number of rotatable bonds is 10. The monoisotopic (exact) mass is 1240 g/mol. The Morgan fingerprint density at radius 3 is 1.36 bits per heavy atom. The molecule has 0 aliphatic carbocycles. The van der Waals surface area contributed by atoms with Gasteiger partial charge in [-0.25, -0.2) is 54.0 Å². The van der Waals surface area contributed by atoms with Crippen LogP contribution in [0.2, 0.25) is 0 Å². The molecule has 0 amide bonds. The Labute approximate surface area is 515 Å². The molecule has 0 atom stereocenters. The zero-order valence-corrected chi connectivity index (χ0v) is 49.3. The van der Waals surface area contributed by atoms with Gasteiger partial charge in [-0.15, -0.1) is 0 Å². The number of aromatic carboxylic acids is 1. The van der Waals surface area contributed by atoms with Crippen LogP contribution in [0.1, 0.15) is 20.7 Å². The Hall–Kier alpha value is -9.90. The van der Waals surface area contributed by atoms with Crippen LogP contribution in [0.25, 0.3) is 112 Å². The van der Waals surface area contributed by atoms with E-state index in [1.165, 1.54) is 100 Å². The molecule has 6 aromatic heterocycles. The Morgan fingerprint density at radius 1 is 0.562 bits per heavy atom. The fraction of sp³-hybridized carbons (Fsp3) is 0.111. The van der Waals surface area contributed by atoms with E-state index in [9.17, 15) is 49.1 Å². The van der Waals surface area contributed by atoms with Crippen molar-refractivity contribution in [2.24, 2.45) is 0 Å². The second-order valence-electron chi connectivity index (χ2n) is 20.5. The molecule has 2 N–H and O–H groups in total. The smallest absolute Gasteiger partial charge is 0.870 e. The van der Waals surface area contributed by atoms with E-state index in [2.05, 4.69) is 0 Å². The Kier molecular flexibility index (Phi) is 15.5. The van der Waals surface area contributed by atoms with Gasteiger partial charge in [0.2, 0.25) is 20.0 Å². The maximum absolute atomic E-state index is 14.7. The molecular formula is C63H45F4LiN6O13S2. The number of aromatic nitrogens is 4. The van der Waals surface area contributed by atoms with Crippen molar-refractivity contribution in [1.29, 1.82) is 0 Å². The van der Waals surface area contributed by atoms with E-state index in [-0.39, 0.29) is 94.2 Å². The molecule has 0 fully saturated rings. The third kappa shape index (κ3) is 10.4. The number of carboxylic acid groups (broad SMARTS) is 1. The predicted octanol–water partition coefficient (Wildman–Crippen LogP) is 9.93.